The minimum Gasteiger partial charge on any atom is -0.0827 e. The molecule has 0 saturated carbocycles. The Kier molecular flexibility index (Phi) is 3.96. The summed E-state index contributed by atoms with van der Waals surface area (Å²) < 4.78 is 0.0732. The van der Waals surface area contributed by atoms with Gasteiger partial charge in [0.1, 0.15) is 0 Å². The first-order chi connectivity index (χ1) is 5.41. The third-order valence-corrected chi connectivity index (χ3v) is 3.41. The maximum absolute atomic E-state index is 5.88. The Balaban J connectivity index is 3.14. The first-order valence-corrected chi connectivity index (χ1v) is 6.16. The number of alkyl halides is 2. The van der Waals surface area contributed by atoms with Crippen LogP contribution in [0.25, 0.3) is 0 Å². The van der Waals surface area contributed by atoms with Gasteiger partial charge in [-0.3, -0.25) is 0 Å². The van der Waals surface area contributed by atoms with E-state index in [2.05, 4.69) is 52.1 Å². The Morgan fingerprint density at radius 1 is 1.17 bits per heavy atom. The Labute approximate surface area is 109 Å². The molecule has 0 heterocycles. The summed E-state index contributed by atoms with van der Waals surface area (Å²) in [6.45, 7) is 2.12. The highest BCUT2D eigenvalue weighted by molar-refractivity contribution is 14.2. The van der Waals surface area contributed by atoms with E-state index in [0.717, 1.165) is 0 Å². The lowest BCUT2D eigenvalue weighted by Gasteiger charge is -2.14. The summed E-state index contributed by atoms with van der Waals surface area (Å²) in [4.78, 5) is 0. The fourth-order valence-corrected chi connectivity index (χ4v) is 1.74. The maximum Gasteiger partial charge on any atom is 0.0954 e. The van der Waals surface area contributed by atoms with E-state index < -0.39 is 0 Å². The van der Waals surface area contributed by atoms with Crippen molar-refractivity contribution in [2.45, 2.75) is 8.35 Å². The van der Waals surface area contributed by atoms with Crippen LogP contribution in [-0.2, 0) is 1.43 Å². The molecule has 0 aliphatic heterocycles. The van der Waals surface area contributed by atoms with E-state index in [0.29, 0.717) is 10.0 Å². The number of benzene rings is 1. The molecule has 0 aromatic heterocycles. The maximum atomic E-state index is 5.88. The van der Waals surface area contributed by atoms with Gasteiger partial charge >= 0.3 is 0 Å². The van der Waals surface area contributed by atoms with E-state index in [1.807, 2.05) is 18.2 Å². The van der Waals surface area contributed by atoms with Gasteiger partial charge in [-0.1, -0.05) is 74.4 Å². The molecule has 0 unspecified atom stereocenters. The summed E-state index contributed by atoms with van der Waals surface area (Å²) >= 11 is 16.4. The Bertz CT molecular complexity index is 292. The van der Waals surface area contributed by atoms with Crippen LogP contribution in [0.4, 0.5) is 0 Å². The van der Waals surface area contributed by atoms with Crippen molar-refractivity contribution in [2.75, 3.05) is 0 Å². The van der Waals surface area contributed by atoms with E-state index >= 15 is 0 Å². The molecule has 0 fully saturated rings. The molecule has 1 rings (SSSR count). The first-order valence-electron chi connectivity index (χ1n) is 3.24. The molecular formula is C8H6Cl2I2. The van der Waals surface area contributed by atoms with E-state index in [9.17, 15) is 0 Å². The van der Waals surface area contributed by atoms with Crippen molar-refractivity contribution in [1.29, 1.82) is 0 Å². The average molecular weight is 427 g/mol. The fourth-order valence-electron chi connectivity index (χ4n) is 0.769. The van der Waals surface area contributed by atoms with E-state index in [1.54, 1.807) is 0 Å². The first kappa shape index (κ1) is 11.3. The zero-order valence-corrected chi connectivity index (χ0v) is 12.1. The molecule has 0 saturated heterocycles. The van der Waals surface area contributed by atoms with Gasteiger partial charge in [0.15, 0.2) is 0 Å². The summed E-state index contributed by atoms with van der Waals surface area (Å²) in [7, 11) is 0. The topological polar surface area (TPSA) is 0 Å². The molecule has 0 nitrogen and oxygen atoms in total. The lowest BCUT2D eigenvalue weighted by molar-refractivity contribution is 1.11. The van der Waals surface area contributed by atoms with Gasteiger partial charge in [0.05, 0.1) is 11.5 Å². The van der Waals surface area contributed by atoms with Gasteiger partial charge in [-0.25, -0.2) is 0 Å². The van der Waals surface area contributed by atoms with Crippen LogP contribution in [0.3, 0.4) is 0 Å². The van der Waals surface area contributed by atoms with Crippen molar-refractivity contribution >= 4 is 68.4 Å². The Morgan fingerprint density at radius 3 is 2.17 bits per heavy atom. The van der Waals surface area contributed by atoms with Crippen LogP contribution in [0.5, 0.6) is 0 Å². The largest absolute Gasteiger partial charge is 0.0954 e. The van der Waals surface area contributed by atoms with Crippen molar-refractivity contribution in [2.24, 2.45) is 0 Å². The molecule has 0 amide bonds. The molecule has 12 heavy (non-hydrogen) atoms. The van der Waals surface area contributed by atoms with Gasteiger partial charge in [0.2, 0.25) is 0 Å². The second kappa shape index (κ2) is 4.19. The fraction of sp³-hybridized carbons (Fsp3) is 0.250. The summed E-state index contributed by atoms with van der Waals surface area (Å²) in [5.74, 6) is 0. The van der Waals surface area contributed by atoms with Gasteiger partial charge in [-0.15, -0.1) is 0 Å². The molecule has 0 aliphatic carbocycles. The molecule has 66 valence electrons. The van der Waals surface area contributed by atoms with Crippen LogP contribution in [-0.4, -0.2) is 0 Å². The number of hydrogen-bond acceptors (Lipinski definition) is 0. The van der Waals surface area contributed by atoms with Crippen molar-refractivity contribution < 1.29 is 0 Å². The second-order valence-electron chi connectivity index (χ2n) is 2.52. The quantitative estimate of drug-likeness (QED) is 0.436. The van der Waals surface area contributed by atoms with Crippen LogP contribution in [0.1, 0.15) is 12.5 Å². The molecule has 0 bridgehead atoms. The zero-order valence-electron chi connectivity index (χ0n) is 6.24. The van der Waals surface area contributed by atoms with Crippen molar-refractivity contribution in [1.82, 2.24) is 0 Å². The van der Waals surface area contributed by atoms with E-state index in [4.69, 9.17) is 23.2 Å². The predicted octanol–water partition coefficient (Wildman–Crippen LogP) is 5.04. The molecule has 1 aromatic rings. The highest BCUT2D eigenvalue weighted by atomic mass is 127. The second-order valence-corrected chi connectivity index (χ2v) is 9.71. The zero-order chi connectivity index (χ0) is 9.35. The van der Waals surface area contributed by atoms with Gasteiger partial charge in [-0.2, -0.15) is 0 Å². The number of halogens is 4. The van der Waals surface area contributed by atoms with Crippen molar-refractivity contribution in [3.63, 3.8) is 0 Å². The summed E-state index contributed by atoms with van der Waals surface area (Å²) in [5.41, 5.74) is 1.18. The van der Waals surface area contributed by atoms with Crippen LogP contribution in [0, 0.1) is 0 Å². The third-order valence-electron chi connectivity index (χ3n) is 1.43. The predicted molar refractivity (Wildman–Crippen MR) is 71.9 cm³/mol. The monoisotopic (exact) mass is 426 g/mol. The van der Waals surface area contributed by atoms with Crippen molar-refractivity contribution in [3.05, 3.63) is 33.8 Å². The molecule has 4 heteroatoms. The average Bonchev–Trinajstić information content (AvgIpc) is 1.92. The molecule has 0 N–H and O–H groups in total. The van der Waals surface area contributed by atoms with Crippen molar-refractivity contribution in [3.8, 4) is 0 Å². The number of rotatable bonds is 1. The van der Waals surface area contributed by atoms with Gasteiger partial charge < -0.3 is 0 Å². The highest BCUT2D eigenvalue weighted by Gasteiger charge is 2.18. The van der Waals surface area contributed by atoms with Crippen LogP contribution >= 0.6 is 68.4 Å². The van der Waals surface area contributed by atoms with Crippen LogP contribution in [0.2, 0.25) is 10.0 Å². The summed E-state index contributed by atoms with van der Waals surface area (Å²) in [6.07, 6.45) is 0. The molecule has 0 spiro atoms. The van der Waals surface area contributed by atoms with Crippen LogP contribution < -0.4 is 0 Å². The molecular weight excluding hydrogens is 421 g/mol. The SMILES string of the molecule is CC(I)(I)c1ccc(Cl)c(Cl)c1. The highest BCUT2D eigenvalue weighted by Crippen LogP contribution is 2.40. The molecule has 0 aliphatic rings. The number of hydrogen-bond donors (Lipinski definition) is 0. The summed E-state index contributed by atoms with van der Waals surface area (Å²) in [6, 6.07) is 5.73. The van der Waals surface area contributed by atoms with Gasteiger partial charge in [0.25, 0.3) is 0 Å². The lowest BCUT2D eigenvalue weighted by Crippen LogP contribution is -2.00. The van der Waals surface area contributed by atoms with Gasteiger partial charge in [-0.05, 0) is 24.6 Å². The minimum absolute atomic E-state index is 0.0732. The lowest BCUT2D eigenvalue weighted by atomic mass is 10.2. The van der Waals surface area contributed by atoms with Crippen LogP contribution in [0.15, 0.2) is 18.2 Å². The van der Waals surface area contributed by atoms with E-state index in [-0.39, 0.29) is 1.43 Å². The van der Waals surface area contributed by atoms with Gasteiger partial charge in [0, 0.05) is 0 Å². The van der Waals surface area contributed by atoms with E-state index in [1.165, 1.54) is 5.56 Å². The third kappa shape index (κ3) is 2.89. The molecule has 0 atom stereocenters. The Morgan fingerprint density at radius 2 is 1.75 bits per heavy atom. The molecule has 0 radical (unpaired) electrons. The standard InChI is InChI=1S/C8H6Cl2I2/c1-8(11,12)5-2-3-6(9)7(10)4-5/h2-4H,1H3. The summed E-state index contributed by atoms with van der Waals surface area (Å²) in [5, 5.41) is 1.23. The normalized spacial score (nSPS) is 11.8. The smallest absolute Gasteiger partial charge is 0.0827 e. The molecule has 1 aromatic carbocycles. The minimum atomic E-state index is 0.0732. The Hall–Kier alpha value is 1.26.